The van der Waals surface area contributed by atoms with Crippen molar-refractivity contribution in [3.63, 3.8) is 0 Å². The quantitative estimate of drug-likeness (QED) is 0.441. The highest BCUT2D eigenvalue weighted by Gasteiger charge is 2.56. The molecule has 0 aromatic carbocycles. The highest BCUT2D eigenvalue weighted by atomic mass is 16.7. The highest BCUT2D eigenvalue weighted by molar-refractivity contribution is 5.77. The lowest BCUT2D eigenvalue weighted by molar-refractivity contribution is -0.294. The maximum absolute atomic E-state index is 12.0. The van der Waals surface area contributed by atoms with Crippen molar-refractivity contribution in [3.8, 4) is 0 Å². The van der Waals surface area contributed by atoms with E-state index < -0.39 is 60.6 Å². The number of methoxy groups -OCH3 is 1. The first-order chi connectivity index (χ1) is 12.1. The van der Waals surface area contributed by atoms with Gasteiger partial charge in [0.2, 0.25) is 12.4 Å². The zero-order valence-electron chi connectivity index (χ0n) is 14.9. The van der Waals surface area contributed by atoms with Crippen LogP contribution in [-0.2, 0) is 52.4 Å². The van der Waals surface area contributed by atoms with E-state index in [2.05, 4.69) is 4.74 Å². The molecule has 0 amide bonds. The fourth-order valence-electron chi connectivity index (χ4n) is 2.34. The molecule has 1 fully saturated rings. The molecule has 0 bridgehead atoms. The summed E-state index contributed by atoms with van der Waals surface area (Å²) in [7, 11) is 1.05. The Balaban J connectivity index is 3.37. The second-order valence-electron chi connectivity index (χ2n) is 5.28. The third-order valence-electron chi connectivity index (χ3n) is 3.12. The summed E-state index contributed by atoms with van der Waals surface area (Å²) < 4.78 is 30.0. The molecule has 11 heteroatoms. The van der Waals surface area contributed by atoms with Crippen LogP contribution in [0.5, 0.6) is 0 Å². The van der Waals surface area contributed by atoms with E-state index in [0.29, 0.717) is 0 Å². The van der Waals surface area contributed by atoms with E-state index >= 15 is 0 Å². The predicted octanol–water partition coefficient (Wildman–Crippen LogP) is -0.757. The number of carbonyl (C=O) groups is 5. The van der Waals surface area contributed by atoms with Gasteiger partial charge in [0, 0.05) is 27.7 Å². The van der Waals surface area contributed by atoms with Crippen LogP contribution >= 0.6 is 0 Å². The van der Waals surface area contributed by atoms with Gasteiger partial charge >= 0.3 is 29.8 Å². The van der Waals surface area contributed by atoms with Gasteiger partial charge < -0.3 is 28.4 Å². The first-order valence-electron chi connectivity index (χ1n) is 7.49. The fourth-order valence-corrected chi connectivity index (χ4v) is 2.34. The topological polar surface area (TPSA) is 141 Å². The van der Waals surface area contributed by atoms with Crippen LogP contribution in [0.15, 0.2) is 0 Å². The minimum atomic E-state index is -1.60. The van der Waals surface area contributed by atoms with Crippen molar-refractivity contribution in [3.05, 3.63) is 0 Å². The van der Waals surface area contributed by atoms with Crippen molar-refractivity contribution in [2.75, 3.05) is 7.11 Å². The molecule has 5 atom stereocenters. The lowest BCUT2D eigenvalue weighted by Crippen LogP contribution is -2.64. The lowest BCUT2D eigenvalue weighted by atomic mass is 9.97. The third-order valence-corrected chi connectivity index (χ3v) is 3.12. The van der Waals surface area contributed by atoms with Gasteiger partial charge in [-0.15, -0.1) is 0 Å². The first-order valence-corrected chi connectivity index (χ1v) is 7.49. The molecule has 0 unspecified atom stereocenters. The van der Waals surface area contributed by atoms with E-state index in [1.807, 2.05) is 0 Å². The standard InChI is InChI=1S/C15H20O11/c1-6(16)22-10-11(23-7(2)17)13(24-8(3)18)15(25-9(4)19)26-12(10)14(20)21-5/h10-13,15H,1-5H3/t10-,11+,12+,13+,15-/m0/s1. The summed E-state index contributed by atoms with van der Waals surface area (Å²) >= 11 is 0. The van der Waals surface area contributed by atoms with Crippen LogP contribution in [0.4, 0.5) is 0 Å². The Hall–Kier alpha value is -2.69. The maximum atomic E-state index is 12.0. The van der Waals surface area contributed by atoms with Gasteiger partial charge in [0.1, 0.15) is 0 Å². The average Bonchev–Trinajstić information content (AvgIpc) is 2.50. The Kier molecular flexibility index (Phi) is 7.50. The number of rotatable bonds is 5. The van der Waals surface area contributed by atoms with Crippen molar-refractivity contribution in [2.45, 2.75) is 58.4 Å². The molecule has 0 radical (unpaired) electrons. The van der Waals surface area contributed by atoms with Crippen molar-refractivity contribution in [2.24, 2.45) is 0 Å². The van der Waals surface area contributed by atoms with Crippen LogP contribution in [0.1, 0.15) is 27.7 Å². The van der Waals surface area contributed by atoms with Crippen LogP contribution in [0.3, 0.4) is 0 Å². The molecule has 0 aliphatic carbocycles. The van der Waals surface area contributed by atoms with Crippen LogP contribution in [-0.4, -0.2) is 67.7 Å². The largest absolute Gasteiger partial charge is 0.467 e. The number of hydrogen-bond acceptors (Lipinski definition) is 11. The van der Waals surface area contributed by atoms with E-state index in [4.69, 9.17) is 23.7 Å². The lowest BCUT2D eigenvalue weighted by Gasteiger charge is -2.42. The summed E-state index contributed by atoms with van der Waals surface area (Å²) in [5.41, 5.74) is 0. The maximum Gasteiger partial charge on any atom is 0.339 e. The number of ether oxygens (including phenoxy) is 6. The van der Waals surface area contributed by atoms with Crippen molar-refractivity contribution >= 4 is 29.8 Å². The van der Waals surface area contributed by atoms with Gasteiger partial charge in [-0.3, -0.25) is 19.2 Å². The SMILES string of the molecule is COC(=O)[C@@H]1O[C@H](OC(C)=O)[C@H](OC(C)=O)[C@H](OC(C)=O)[C@@H]1OC(C)=O. The number of carbonyl (C=O) groups excluding carboxylic acids is 5. The number of hydrogen-bond donors (Lipinski definition) is 0. The molecule has 0 saturated carbocycles. The van der Waals surface area contributed by atoms with Crippen LogP contribution in [0, 0.1) is 0 Å². The predicted molar refractivity (Wildman–Crippen MR) is 79.1 cm³/mol. The van der Waals surface area contributed by atoms with Gasteiger partial charge in [-0.05, 0) is 0 Å². The number of esters is 5. The molecule has 11 nitrogen and oxygen atoms in total. The van der Waals surface area contributed by atoms with E-state index in [-0.39, 0.29) is 0 Å². The Labute approximate surface area is 148 Å². The Morgan fingerprint density at radius 2 is 1.08 bits per heavy atom. The van der Waals surface area contributed by atoms with E-state index in [0.717, 1.165) is 34.8 Å². The second kappa shape index (κ2) is 9.13. The summed E-state index contributed by atoms with van der Waals surface area (Å²) in [5.74, 6) is -4.25. The van der Waals surface area contributed by atoms with Gasteiger partial charge in [-0.2, -0.15) is 0 Å². The Morgan fingerprint density at radius 3 is 1.50 bits per heavy atom. The molecule has 1 aliphatic heterocycles. The third kappa shape index (κ3) is 5.69. The van der Waals surface area contributed by atoms with Crippen LogP contribution in [0.2, 0.25) is 0 Å². The zero-order chi connectivity index (χ0) is 20.0. The molecule has 0 spiro atoms. The first kappa shape index (κ1) is 21.4. The molecule has 0 N–H and O–H groups in total. The molecule has 0 aromatic heterocycles. The molecule has 1 aliphatic rings. The smallest absolute Gasteiger partial charge is 0.339 e. The molecule has 26 heavy (non-hydrogen) atoms. The highest BCUT2D eigenvalue weighted by Crippen LogP contribution is 2.30. The van der Waals surface area contributed by atoms with E-state index in [1.54, 1.807) is 0 Å². The Morgan fingerprint density at radius 1 is 0.654 bits per heavy atom. The molecule has 1 heterocycles. The second-order valence-corrected chi connectivity index (χ2v) is 5.28. The normalized spacial score (nSPS) is 27.7. The molecule has 1 rings (SSSR count). The van der Waals surface area contributed by atoms with Gasteiger partial charge in [0.15, 0.2) is 18.3 Å². The van der Waals surface area contributed by atoms with E-state index in [9.17, 15) is 24.0 Å². The fraction of sp³-hybridized carbons (Fsp3) is 0.667. The van der Waals surface area contributed by atoms with Crippen molar-refractivity contribution in [1.29, 1.82) is 0 Å². The van der Waals surface area contributed by atoms with Crippen molar-refractivity contribution < 1.29 is 52.4 Å². The summed E-state index contributed by atoms with van der Waals surface area (Å²) in [6, 6.07) is 0. The van der Waals surface area contributed by atoms with Gasteiger partial charge in [-0.1, -0.05) is 0 Å². The molecular formula is C15H20O11. The summed E-state index contributed by atoms with van der Waals surface area (Å²) in [4.78, 5) is 57.7. The monoisotopic (exact) mass is 376 g/mol. The van der Waals surface area contributed by atoms with Crippen molar-refractivity contribution in [1.82, 2.24) is 0 Å². The minimum absolute atomic E-state index is 0.814. The minimum Gasteiger partial charge on any atom is -0.467 e. The Bertz CT molecular complexity index is 584. The average molecular weight is 376 g/mol. The molecule has 0 aromatic rings. The molecular weight excluding hydrogens is 356 g/mol. The van der Waals surface area contributed by atoms with Gasteiger partial charge in [0.25, 0.3) is 0 Å². The van der Waals surface area contributed by atoms with Crippen LogP contribution in [0.25, 0.3) is 0 Å². The summed E-state index contributed by atoms with van der Waals surface area (Å²) in [6.07, 6.45) is -7.66. The van der Waals surface area contributed by atoms with E-state index in [1.165, 1.54) is 0 Å². The molecule has 146 valence electrons. The zero-order valence-corrected chi connectivity index (χ0v) is 14.9. The van der Waals surface area contributed by atoms with Gasteiger partial charge in [-0.25, -0.2) is 4.79 Å². The van der Waals surface area contributed by atoms with Gasteiger partial charge in [0.05, 0.1) is 7.11 Å². The molecule has 1 saturated heterocycles. The van der Waals surface area contributed by atoms with Crippen LogP contribution < -0.4 is 0 Å². The summed E-state index contributed by atoms with van der Waals surface area (Å²) in [6.45, 7) is 4.22. The summed E-state index contributed by atoms with van der Waals surface area (Å²) in [5, 5.41) is 0.